The van der Waals surface area contributed by atoms with Gasteiger partial charge in [0, 0.05) is 31.1 Å². The number of nitrogens with one attached hydrogen (secondary N) is 1. The second-order valence-electron chi connectivity index (χ2n) is 7.76. The number of carbonyl (C=O) groups excluding carboxylic acids is 2. The van der Waals surface area contributed by atoms with Crippen molar-refractivity contribution in [3.63, 3.8) is 0 Å². The minimum absolute atomic E-state index is 0.0106. The molecule has 3 rings (SSSR count). The Kier molecular flexibility index (Phi) is 7.39. The zero-order valence-corrected chi connectivity index (χ0v) is 17.5. The van der Waals surface area contributed by atoms with E-state index >= 15 is 0 Å². The molecule has 2 amide bonds. The molecule has 1 fully saturated rings. The number of aromatic nitrogens is 1. The van der Waals surface area contributed by atoms with Crippen LogP contribution in [0.4, 0.5) is 0 Å². The third-order valence-electron chi connectivity index (χ3n) is 5.62. The normalized spacial score (nSPS) is 14.6. The minimum Gasteiger partial charge on any atom is -0.356 e. The number of amides is 2. The molecule has 5 nitrogen and oxygen atoms in total. The SMILES string of the molecule is CCCCCNC(=O)C1CCN(C(=O)c2ccc(-c3ccccc3)nc2C)CC1. The number of nitrogens with zero attached hydrogens (tertiary/aromatic N) is 2. The maximum absolute atomic E-state index is 13.0. The van der Waals surface area contributed by atoms with Crippen LogP contribution < -0.4 is 5.32 Å². The van der Waals surface area contributed by atoms with Gasteiger partial charge in [0.1, 0.15) is 0 Å². The highest BCUT2D eigenvalue weighted by Crippen LogP contribution is 2.22. The lowest BCUT2D eigenvalue weighted by Crippen LogP contribution is -2.43. The molecule has 0 radical (unpaired) electrons. The highest BCUT2D eigenvalue weighted by atomic mass is 16.2. The molecule has 1 N–H and O–H groups in total. The number of unbranched alkanes of at least 4 members (excludes halogenated alkanes) is 2. The Morgan fingerprint density at radius 1 is 1.07 bits per heavy atom. The van der Waals surface area contributed by atoms with Gasteiger partial charge in [-0.1, -0.05) is 50.1 Å². The number of hydrogen-bond acceptors (Lipinski definition) is 3. The van der Waals surface area contributed by atoms with Gasteiger partial charge in [0.05, 0.1) is 17.0 Å². The summed E-state index contributed by atoms with van der Waals surface area (Å²) < 4.78 is 0. The number of likely N-dealkylation sites (tertiary alicyclic amines) is 1. The van der Waals surface area contributed by atoms with Gasteiger partial charge in [-0.25, -0.2) is 0 Å². The number of benzene rings is 1. The van der Waals surface area contributed by atoms with Crippen molar-refractivity contribution in [3.05, 3.63) is 53.7 Å². The van der Waals surface area contributed by atoms with Gasteiger partial charge in [-0.15, -0.1) is 0 Å². The van der Waals surface area contributed by atoms with Crippen LogP contribution in [0.25, 0.3) is 11.3 Å². The van der Waals surface area contributed by atoms with E-state index in [0.29, 0.717) is 18.7 Å². The molecule has 2 aromatic rings. The fourth-order valence-electron chi connectivity index (χ4n) is 3.80. The molecule has 0 bridgehead atoms. The van der Waals surface area contributed by atoms with E-state index in [1.807, 2.05) is 54.3 Å². The summed E-state index contributed by atoms with van der Waals surface area (Å²) >= 11 is 0. The van der Waals surface area contributed by atoms with Crippen LogP contribution >= 0.6 is 0 Å². The summed E-state index contributed by atoms with van der Waals surface area (Å²) in [4.78, 5) is 31.8. The average molecular weight is 394 g/mol. The van der Waals surface area contributed by atoms with Crippen molar-refractivity contribution in [2.45, 2.75) is 46.0 Å². The van der Waals surface area contributed by atoms with E-state index in [4.69, 9.17) is 0 Å². The number of piperidine rings is 1. The number of aryl methyl sites for hydroxylation is 1. The van der Waals surface area contributed by atoms with Crippen LogP contribution in [0.5, 0.6) is 0 Å². The maximum atomic E-state index is 13.0. The van der Waals surface area contributed by atoms with E-state index in [1.165, 1.54) is 0 Å². The molecule has 1 aromatic heterocycles. The van der Waals surface area contributed by atoms with Crippen molar-refractivity contribution in [2.24, 2.45) is 5.92 Å². The predicted molar refractivity (Wildman–Crippen MR) is 116 cm³/mol. The molecule has 1 aliphatic rings. The van der Waals surface area contributed by atoms with Crippen molar-refractivity contribution < 1.29 is 9.59 Å². The zero-order chi connectivity index (χ0) is 20.6. The van der Waals surface area contributed by atoms with Crippen LogP contribution in [0.3, 0.4) is 0 Å². The van der Waals surface area contributed by atoms with Gasteiger partial charge in [-0.2, -0.15) is 0 Å². The molecular weight excluding hydrogens is 362 g/mol. The molecule has 0 saturated carbocycles. The number of rotatable bonds is 7. The lowest BCUT2D eigenvalue weighted by Gasteiger charge is -2.31. The van der Waals surface area contributed by atoms with Crippen molar-refractivity contribution in [2.75, 3.05) is 19.6 Å². The van der Waals surface area contributed by atoms with Gasteiger partial charge in [0.25, 0.3) is 5.91 Å². The van der Waals surface area contributed by atoms with Gasteiger partial charge in [0.2, 0.25) is 5.91 Å². The van der Waals surface area contributed by atoms with Crippen LogP contribution in [-0.2, 0) is 4.79 Å². The van der Waals surface area contributed by atoms with E-state index in [0.717, 1.165) is 55.6 Å². The second kappa shape index (κ2) is 10.2. The molecule has 0 unspecified atom stereocenters. The Balaban J connectivity index is 1.56. The average Bonchev–Trinajstić information content (AvgIpc) is 2.77. The molecule has 29 heavy (non-hydrogen) atoms. The summed E-state index contributed by atoms with van der Waals surface area (Å²) in [5.74, 6) is 0.162. The lowest BCUT2D eigenvalue weighted by molar-refractivity contribution is -0.126. The first-order valence-corrected chi connectivity index (χ1v) is 10.7. The van der Waals surface area contributed by atoms with Gasteiger partial charge >= 0.3 is 0 Å². The third kappa shape index (κ3) is 5.43. The third-order valence-corrected chi connectivity index (χ3v) is 5.62. The van der Waals surface area contributed by atoms with Crippen LogP contribution in [0.15, 0.2) is 42.5 Å². The maximum Gasteiger partial charge on any atom is 0.255 e. The Bertz CT molecular complexity index is 827. The number of pyridine rings is 1. The summed E-state index contributed by atoms with van der Waals surface area (Å²) in [5, 5.41) is 3.04. The summed E-state index contributed by atoms with van der Waals surface area (Å²) in [6.07, 6.45) is 4.77. The highest BCUT2D eigenvalue weighted by molar-refractivity contribution is 5.95. The van der Waals surface area contributed by atoms with Gasteiger partial charge in [-0.3, -0.25) is 14.6 Å². The van der Waals surface area contributed by atoms with Gasteiger partial charge in [0.15, 0.2) is 0 Å². The Morgan fingerprint density at radius 3 is 2.45 bits per heavy atom. The first-order chi connectivity index (χ1) is 14.1. The molecule has 154 valence electrons. The highest BCUT2D eigenvalue weighted by Gasteiger charge is 2.28. The Labute approximate surface area is 173 Å². The van der Waals surface area contributed by atoms with Crippen molar-refractivity contribution in [1.82, 2.24) is 15.2 Å². The monoisotopic (exact) mass is 393 g/mol. The van der Waals surface area contributed by atoms with Crippen LogP contribution in [0.1, 0.15) is 55.1 Å². The predicted octanol–water partition coefficient (Wildman–Crippen LogP) is 4.22. The molecule has 1 aliphatic heterocycles. The van der Waals surface area contributed by atoms with E-state index in [-0.39, 0.29) is 17.7 Å². The summed E-state index contributed by atoms with van der Waals surface area (Å²) in [5.41, 5.74) is 3.30. The quantitative estimate of drug-likeness (QED) is 0.717. The number of carbonyl (C=O) groups is 2. The lowest BCUT2D eigenvalue weighted by atomic mass is 9.95. The van der Waals surface area contributed by atoms with Crippen molar-refractivity contribution in [3.8, 4) is 11.3 Å². The molecule has 0 spiro atoms. The van der Waals surface area contributed by atoms with Crippen LogP contribution in [0, 0.1) is 12.8 Å². The van der Waals surface area contributed by atoms with Gasteiger partial charge < -0.3 is 10.2 Å². The Morgan fingerprint density at radius 2 is 1.79 bits per heavy atom. The fraction of sp³-hybridized carbons (Fsp3) is 0.458. The molecular formula is C24H31N3O2. The van der Waals surface area contributed by atoms with Gasteiger partial charge in [-0.05, 0) is 38.3 Å². The van der Waals surface area contributed by atoms with E-state index < -0.39 is 0 Å². The minimum atomic E-state index is 0.0106. The summed E-state index contributed by atoms with van der Waals surface area (Å²) in [6, 6.07) is 13.8. The summed E-state index contributed by atoms with van der Waals surface area (Å²) in [6.45, 7) is 6.03. The van der Waals surface area contributed by atoms with Crippen molar-refractivity contribution in [1.29, 1.82) is 0 Å². The van der Waals surface area contributed by atoms with Crippen LogP contribution in [0.2, 0.25) is 0 Å². The first kappa shape index (κ1) is 21.0. The first-order valence-electron chi connectivity index (χ1n) is 10.7. The fourth-order valence-corrected chi connectivity index (χ4v) is 3.80. The Hall–Kier alpha value is -2.69. The van der Waals surface area contributed by atoms with Crippen molar-refractivity contribution >= 4 is 11.8 Å². The molecule has 2 heterocycles. The molecule has 5 heteroatoms. The van der Waals surface area contributed by atoms with E-state index in [9.17, 15) is 9.59 Å². The molecule has 1 saturated heterocycles. The van der Waals surface area contributed by atoms with Crippen LogP contribution in [-0.4, -0.2) is 41.3 Å². The molecule has 0 atom stereocenters. The smallest absolute Gasteiger partial charge is 0.255 e. The van der Waals surface area contributed by atoms with E-state index in [2.05, 4.69) is 17.2 Å². The largest absolute Gasteiger partial charge is 0.356 e. The zero-order valence-electron chi connectivity index (χ0n) is 17.5. The number of hydrogen-bond donors (Lipinski definition) is 1. The summed E-state index contributed by atoms with van der Waals surface area (Å²) in [7, 11) is 0. The topological polar surface area (TPSA) is 62.3 Å². The second-order valence-corrected chi connectivity index (χ2v) is 7.76. The molecule has 1 aromatic carbocycles. The molecule has 0 aliphatic carbocycles. The standard InChI is InChI=1S/C24H31N3O2/c1-3-4-8-15-25-23(28)20-13-16-27(17-14-20)24(29)21-11-12-22(26-18(21)2)19-9-6-5-7-10-19/h5-7,9-12,20H,3-4,8,13-17H2,1-2H3,(H,25,28). The van der Waals surface area contributed by atoms with E-state index in [1.54, 1.807) is 0 Å².